The van der Waals surface area contributed by atoms with Crippen LogP contribution in [0.15, 0.2) is 66.7 Å². The summed E-state index contributed by atoms with van der Waals surface area (Å²) in [4.78, 5) is 0. The molecule has 128 valence electrons. The third-order valence-electron chi connectivity index (χ3n) is 4.15. The zero-order chi connectivity index (χ0) is 17.8. The van der Waals surface area contributed by atoms with Crippen LogP contribution in [0.5, 0.6) is 0 Å². The van der Waals surface area contributed by atoms with Gasteiger partial charge >= 0.3 is 0 Å². The van der Waals surface area contributed by atoms with Crippen molar-refractivity contribution in [3.63, 3.8) is 0 Å². The Kier molecular flexibility index (Phi) is 5.10. The number of nitrogens with two attached hydrogens (primary N) is 1. The Labute approximate surface area is 146 Å². The van der Waals surface area contributed by atoms with Gasteiger partial charge < -0.3 is 11.1 Å². The molecule has 1 unspecified atom stereocenters. The summed E-state index contributed by atoms with van der Waals surface area (Å²) in [6, 6.07) is 19.7. The van der Waals surface area contributed by atoms with Crippen molar-refractivity contribution in [3.8, 4) is 0 Å². The monoisotopic (exact) mass is 338 g/mol. The van der Waals surface area contributed by atoms with Crippen LogP contribution < -0.4 is 11.1 Å². The minimum Gasteiger partial charge on any atom is -0.399 e. The van der Waals surface area contributed by atoms with Crippen LogP contribution in [-0.2, 0) is 6.54 Å². The summed E-state index contributed by atoms with van der Waals surface area (Å²) in [5.74, 6) is -1.68. The number of benzene rings is 3. The second-order valence-corrected chi connectivity index (χ2v) is 6.14. The normalized spacial score (nSPS) is 12.1. The average Bonchev–Trinajstić information content (AvgIpc) is 2.60. The number of anilines is 1. The lowest BCUT2D eigenvalue weighted by atomic mass is 9.97. The molecule has 0 fully saturated rings. The Morgan fingerprint density at radius 2 is 1.64 bits per heavy atom. The van der Waals surface area contributed by atoms with Crippen LogP contribution in [0.1, 0.15) is 28.3 Å². The van der Waals surface area contributed by atoms with Crippen LogP contribution >= 0.6 is 0 Å². The molecule has 0 aromatic heterocycles. The van der Waals surface area contributed by atoms with Gasteiger partial charge in [-0.05, 0) is 47.9 Å². The third kappa shape index (κ3) is 4.22. The average molecular weight is 338 g/mol. The number of aryl methyl sites for hydroxylation is 1. The van der Waals surface area contributed by atoms with Gasteiger partial charge in [0.15, 0.2) is 11.6 Å². The highest BCUT2D eigenvalue weighted by Crippen LogP contribution is 2.24. The lowest BCUT2D eigenvalue weighted by Crippen LogP contribution is -2.22. The highest BCUT2D eigenvalue weighted by molar-refractivity contribution is 5.44. The summed E-state index contributed by atoms with van der Waals surface area (Å²) in [5.41, 5.74) is 10.6. The fourth-order valence-electron chi connectivity index (χ4n) is 2.80. The van der Waals surface area contributed by atoms with Crippen LogP contribution in [0.4, 0.5) is 14.5 Å². The first-order chi connectivity index (χ1) is 12.0. The number of rotatable bonds is 5. The zero-order valence-electron chi connectivity index (χ0n) is 14.0. The topological polar surface area (TPSA) is 38.0 Å². The summed E-state index contributed by atoms with van der Waals surface area (Å²) in [6.07, 6.45) is 0. The molecule has 0 aliphatic rings. The van der Waals surface area contributed by atoms with Crippen molar-refractivity contribution in [1.82, 2.24) is 5.32 Å². The maximum atomic E-state index is 13.4. The molecule has 0 saturated heterocycles. The van der Waals surface area contributed by atoms with Gasteiger partial charge in [0.1, 0.15) is 0 Å². The summed E-state index contributed by atoms with van der Waals surface area (Å²) < 4.78 is 26.5. The minimum absolute atomic E-state index is 0.0998. The molecule has 3 aromatic rings. The van der Waals surface area contributed by atoms with E-state index >= 15 is 0 Å². The number of nitrogens with one attached hydrogen (secondary N) is 1. The number of hydrogen-bond donors (Lipinski definition) is 2. The van der Waals surface area contributed by atoms with Crippen molar-refractivity contribution in [3.05, 3.63) is 101 Å². The van der Waals surface area contributed by atoms with E-state index in [1.54, 1.807) is 6.07 Å². The molecule has 0 heterocycles. The zero-order valence-corrected chi connectivity index (χ0v) is 14.0. The molecule has 3 rings (SSSR count). The highest BCUT2D eigenvalue weighted by Gasteiger charge is 2.14. The fraction of sp³-hybridized carbons (Fsp3) is 0.143. The van der Waals surface area contributed by atoms with E-state index in [1.807, 2.05) is 43.3 Å². The number of hydrogen-bond acceptors (Lipinski definition) is 2. The van der Waals surface area contributed by atoms with Gasteiger partial charge in [0.05, 0.1) is 6.04 Å². The molecule has 0 saturated carbocycles. The molecule has 0 radical (unpaired) electrons. The Hall–Kier alpha value is -2.72. The first-order valence-electron chi connectivity index (χ1n) is 8.12. The van der Waals surface area contributed by atoms with Gasteiger partial charge in [-0.25, -0.2) is 8.78 Å². The largest absolute Gasteiger partial charge is 0.399 e. The number of nitrogen functional groups attached to an aromatic ring is 1. The molecule has 0 bridgehead atoms. The Bertz CT molecular complexity index is 860. The molecule has 0 aliphatic heterocycles. The second-order valence-electron chi connectivity index (χ2n) is 6.14. The van der Waals surface area contributed by atoms with Gasteiger partial charge in [-0.15, -0.1) is 0 Å². The van der Waals surface area contributed by atoms with E-state index in [1.165, 1.54) is 11.6 Å². The van der Waals surface area contributed by atoms with E-state index in [2.05, 4.69) is 17.4 Å². The molecule has 0 amide bonds. The van der Waals surface area contributed by atoms with Crippen LogP contribution in [0, 0.1) is 18.6 Å². The SMILES string of the molecule is Cc1ccc(C(NCc2ccc(F)c(F)c2)c2cccc(N)c2)cc1. The predicted octanol–water partition coefficient (Wildman–Crippen LogP) is 4.73. The van der Waals surface area contributed by atoms with E-state index in [-0.39, 0.29) is 6.04 Å². The maximum Gasteiger partial charge on any atom is 0.159 e. The lowest BCUT2D eigenvalue weighted by Gasteiger charge is -2.21. The first kappa shape index (κ1) is 17.1. The molecule has 4 heteroatoms. The predicted molar refractivity (Wildman–Crippen MR) is 97.1 cm³/mol. The highest BCUT2D eigenvalue weighted by atomic mass is 19.2. The summed E-state index contributed by atoms with van der Waals surface area (Å²) >= 11 is 0. The van der Waals surface area contributed by atoms with Gasteiger partial charge in [0.2, 0.25) is 0 Å². The Morgan fingerprint density at radius 3 is 2.32 bits per heavy atom. The molecular formula is C21H20F2N2. The minimum atomic E-state index is -0.838. The quantitative estimate of drug-likeness (QED) is 0.660. The van der Waals surface area contributed by atoms with E-state index in [9.17, 15) is 8.78 Å². The van der Waals surface area contributed by atoms with Crippen LogP contribution in [-0.4, -0.2) is 0 Å². The molecule has 3 aromatic carbocycles. The molecule has 0 spiro atoms. The van der Waals surface area contributed by atoms with E-state index < -0.39 is 11.6 Å². The smallest absolute Gasteiger partial charge is 0.159 e. The first-order valence-corrected chi connectivity index (χ1v) is 8.12. The van der Waals surface area contributed by atoms with Crippen molar-refractivity contribution in [2.45, 2.75) is 19.5 Å². The summed E-state index contributed by atoms with van der Waals surface area (Å²) in [7, 11) is 0. The standard InChI is InChI=1S/C21H20F2N2/c1-14-5-8-16(9-6-14)21(17-3-2-4-18(24)12-17)25-13-15-7-10-19(22)20(23)11-15/h2-12,21,25H,13,24H2,1H3. The fourth-order valence-corrected chi connectivity index (χ4v) is 2.80. The maximum absolute atomic E-state index is 13.4. The molecule has 25 heavy (non-hydrogen) atoms. The van der Waals surface area contributed by atoms with Crippen LogP contribution in [0.3, 0.4) is 0 Å². The Balaban J connectivity index is 1.88. The third-order valence-corrected chi connectivity index (χ3v) is 4.15. The molecule has 0 aliphatic carbocycles. The van der Waals surface area contributed by atoms with Crippen molar-refractivity contribution in [1.29, 1.82) is 0 Å². The van der Waals surface area contributed by atoms with Crippen molar-refractivity contribution >= 4 is 5.69 Å². The summed E-state index contributed by atoms with van der Waals surface area (Å²) in [6.45, 7) is 2.44. The van der Waals surface area contributed by atoms with Crippen LogP contribution in [0.25, 0.3) is 0 Å². The second kappa shape index (κ2) is 7.45. The molecule has 2 nitrogen and oxygen atoms in total. The van der Waals surface area contributed by atoms with E-state index in [0.717, 1.165) is 17.2 Å². The lowest BCUT2D eigenvalue weighted by molar-refractivity contribution is 0.505. The van der Waals surface area contributed by atoms with Gasteiger partial charge in [-0.3, -0.25) is 0 Å². The van der Waals surface area contributed by atoms with Gasteiger partial charge in [-0.1, -0.05) is 48.0 Å². The van der Waals surface area contributed by atoms with Crippen molar-refractivity contribution in [2.24, 2.45) is 0 Å². The van der Waals surface area contributed by atoms with Gasteiger partial charge in [0.25, 0.3) is 0 Å². The summed E-state index contributed by atoms with van der Waals surface area (Å²) in [5, 5.41) is 3.42. The molecular weight excluding hydrogens is 318 g/mol. The van der Waals surface area contributed by atoms with Gasteiger partial charge in [0, 0.05) is 12.2 Å². The molecule has 1 atom stereocenters. The van der Waals surface area contributed by atoms with E-state index in [0.29, 0.717) is 17.8 Å². The van der Waals surface area contributed by atoms with Crippen molar-refractivity contribution in [2.75, 3.05) is 5.73 Å². The van der Waals surface area contributed by atoms with Gasteiger partial charge in [-0.2, -0.15) is 0 Å². The van der Waals surface area contributed by atoms with E-state index in [4.69, 9.17) is 5.73 Å². The molecule has 3 N–H and O–H groups in total. The van der Waals surface area contributed by atoms with Crippen LogP contribution in [0.2, 0.25) is 0 Å². The Morgan fingerprint density at radius 1 is 0.880 bits per heavy atom. The van der Waals surface area contributed by atoms with Crippen molar-refractivity contribution < 1.29 is 8.78 Å². The number of halogens is 2.